The Morgan fingerprint density at radius 2 is 1.71 bits per heavy atom. The molecule has 0 atom stereocenters. The molecule has 1 heterocycles. The normalized spacial score (nSPS) is 16.5. The van der Waals surface area contributed by atoms with Crippen LogP contribution in [0.15, 0.2) is 58.8 Å². The van der Waals surface area contributed by atoms with E-state index >= 15 is 0 Å². The average molecular weight is 483 g/mol. The Balaban J connectivity index is 1.62. The number of nitrogens with zero attached hydrogens (tertiary/aromatic N) is 1. The van der Waals surface area contributed by atoms with E-state index in [0.29, 0.717) is 12.8 Å². The number of sulfonamides is 1. The lowest BCUT2D eigenvalue weighted by Crippen LogP contribution is -2.40. The van der Waals surface area contributed by atoms with Gasteiger partial charge in [0.05, 0.1) is 15.6 Å². The topological polar surface area (TPSA) is 101 Å². The van der Waals surface area contributed by atoms with Crippen LogP contribution in [0.4, 0.5) is 5.69 Å². The van der Waals surface area contributed by atoms with Crippen molar-refractivity contribution in [3.05, 3.63) is 64.5 Å². The molecule has 2 aromatic carbocycles. The number of hydrogen-bond donors (Lipinski definition) is 1. The number of hydrogen-bond acceptors (Lipinski definition) is 5. The average Bonchev–Trinajstić information content (AvgIpc) is 2.74. The molecule has 0 aromatic heterocycles. The van der Waals surface area contributed by atoms with Gasteiger partial charge in [-0.05, 0) is 42.7 Å². The molecule has 3 rings (SSSR count). The number of sulfone groups is 1. The van der Waals surface area contributed by atoms with Crippen molar-refractivity contribution in [2.45, 2.75) is 17.7 Å². The van der Waals surface area contributed by atoms with Crippen LogP contribution in [0.3, 0.4) is 0 Å². The zero-order valence-electron chi connectivity index (χ0n) is 16.9. The monoisotopic (exact) mass is 482 g/mol. The highest BCUT2D eigenvalue weighted by molar-refractivity contribution is 7.92. The Morgan fingerprint density at radius 3 is 2.32 bits per heavy atom. The van der Waals surface area contributed by atoms with Crippen LogP contribution in [0, 0.1) is 5.92 Å². The third-order valence-corrected chi connectivity index (χ3v) is 8.05. The number of anilines is 1. The molecule has 0 saturated carbocycles. The maximum Gasteiger partial charge on any atom is 0.236 e. The molecule has 1 saturated heterocycles. The van der Waals surface area contributed by atoms with Crippen LogP contribution in [0.5, 0.6) is 0 Å². The molecule has 0 bridgehead atoms. The Hall–Kier alpha value is -2.20. The van der Waals surface area contributed by atoms with E-state index in [1.165, 1.54) is 27.9 Å². The molecule has 1 amide bonds. The van der Waals surface area contributed by atoms with Crippen molar-refractivity contribution in [2.75, 3.05) is 24.7 Å². The van der Waals surface area contributed by atoms with Gasteiger partial charge < -0.3 is 5.32 Å². The third kappa shape index (κ3) is 6.16. The molecular weight excluding hydrogens is 460 g/mol. The van der Waals surface area contributed by atoms with Gasteiger partial charge in [0.1, 0.15) is 0 Å². The zero-order valence-corrected chi connectivity index (χ0v) is 19.3. The molecule has 0 aliphatic carbocycles. The van der Waals surface area contributed by atoms with Crippen LogP contribution in [0.2, 0.25) is 5.02 Å². The van der Waals surface area contributed by atoms with Gasteiger partial charge in [-0.3, -0.25) is 4.79 Å². The summed E-state index contributed by atoms with van der Waals surface area (Å²) in [6, 6.07) is 13.2. The van der Waals surface area contributed by atoms with Gasteiger partial charge in [-0.1, -0.05) is 41.9 Å². The Bertz CT molecular complexity index is 1190. The van der Waals surface area contributed by atoms with E-state index < -0.39 is 25.8 Å². The number of piperidine rings is 1. The van der Waals surface area contributed by atoms with E-state index in [0.717, 1.165) is 11.8 Å². The minimum Gasteiger partial charge on any atom is -0.324 e. The quantitative estimate of drug-likeness (QED) is 0.680. The van der Waals surface area contributed by atoms with E-state index in [-0.39, 0.29) is 34.6 Å². The van der Waals surface area contributed by atoms with Crippen LogP contribution in [-0.4, -0.2) is 46.4 Å². The maximum absolute atomic E-state index is 12.6. The van der Waals surface area contributed by atoms with Crippen LogP contribution < -0.4 is 5.32 Å². The number of nitrogens with one attached hydrogen (secondary N) is 1. The largest absolute Gasteiger partial charge is 0.324 e. The van der Waals surface area contributed by atoms with Crippen molar-refractivity contribution < 1.29 is 21.6 Å². The Kier molecular flexibility index (Phi) is 7.20. The van der Waals surface area contributed by atoms with Gasteiger partial charge in [-0.15, -0.1) is 0 Å². The van der Waals surface area contributed by atoms with Gasteiger partial charge in [0, 0.05) is 30.7 Å². The molecule has 31 heavy (non-hydrogen) atoms. The number of benzene rings is 2. The molecule has 0 unspecified atom stereocenters. The second-order valence-corrected chi connectivity index (χ2v) is 11.6. The zero-order chi connectivity index (χ0) is 22.6. The van der Waals surface area contributed by atoms with Crippen LogP contribution in [0.1, 0.15) is 18.4 Å². The predicted molar refractivity (Wildman–Crippen MR) is 122 cm³/mol. The van der Waals surface area contributed by atoms with E-state index in [9.17, 15) is 21.6 Å². The van der Waals surface area contributed by atoms with Crippen molar-refractivity contribution in [1.29, 1.82) is 0 Å². The smallest absolute Gasteiger partial charge is 0.236 e. The molecule has 0 radical (unpaired) electrons. The minimum absolute atomic E-state index is 0.0540. The lowest BCUT2D eigenvalue weighted by atomic mass is 9.97. The fourth-order valence-corrected chi connectivity index (χ4v) is 5.29. The molecule has 1 N–H and O–H groups in total. The fourth-order valence-electron chi connectivity index (χ4n) is 3.25. The molecule has 1 fully saturated rings. The first-order chi connectivity index (χ1) is 14.6. The number of carbonyl (C=O) groups excluding carboxylic acids is 1. The molecular formula is C21H23ClN2O5S2. The SMILES string of the molecule is CS(=O)(=O)c1ccc(Cl)c(NC(=O)C2CCN(S(=O)(=O)C=Cc3ccccc3)CC2)c1. The Morgan fingerprint density at radius 1 is 1.06 bits per heavy atom. The van der Waals surface area contributed by atoms with Crippen LogP contribution >= 0.6 is 11.6 Å². The molecule has 1 aliphatic heterocycles. The predicted octanol–water partition coefficient (Wildman–Crippen LogP) is 3.39. The fraction of sp³-hybridized carbons (Fsp3) is 0.286. The van der Waals surface area contributed by atoms with Gasteiger partial charge in [0.25, 0.3) is 0 Å². The van der Waals surface area contributed by atoms with Crippen molar-refractivity contribution in [3.63, 3.8) is 0 Å². The second kappa shape index (κ2) is 9.52. The first kappa shape index (κ1) is 23.5. The van der Waals surface area contributed by atoms with Gasteiger partial charge in [-0.2, -0.15) is 4.31 Å². The molecule has 0 spiro atoms. The number of amides is 1. The van der Waals surface area contributed by atoms with Gasteiger partial charge >= 0.3 is 0 Å². The first-order valence-corrected chi connectivity index (χ1v) is 13.4. The van der Waals surface area contributed by atoms with Gasteiger partial charge in [-0.25, -0.2) is 16.8 Å². The summed E-state index contributed by atoms with van der Waals surface area (Å²) in [4.78, 5) is 12.7. The third-order valence-electron chi connectivity index (χ3n) is 5.04. The summed E-state index contributed by atoms with van der Waals surface area (Å²) in [6.45, 7) is 0.438. The summed E-state index contributed by atoms with van der Waals surface area (Å²) < 4.78 is 50.0. The standard InChI is InChI=1S/C21H23ClN2O5S2/c1-30(26,27)18-7-8-19(22)20(15-18)23-21(25)17-9-12-24(13-10-17)31(28,29)14-11-16-5-3-2-4-6-16/h2-8,11,14-15,17H,9-10,12-13H2,1H3,(H,23,25). The first-order valence-electron chi connectivity index (χ1n) is 9.60. The molecule has 1 aliphatic rings. The van der Waals surface area contributed by atoms with Crippen LogP contribution in [-0.2, 0) is 24.7 Å². The molecule has 166 valence electrons. The van der Waals surface area contributed by atoms with Crippen molar-refractivity contribution in [2.24, 2.45) is 5.92 Å². The number of halogens is 1. The second-order valence-electron chi connectivity index (χ2n) is 7.33. The van der Waals surface area contributed by atoms with Crippen molar-refractivity contribution in [1.82, 2.24) is 4.31 Å². The summed E-state index contributed by atoms with van der Waals surface area (Å²) in [5.41, 5.74) is 1.00. The summed E-state index contributed by atoms with van der Waals surface area (Å²) in [5.74, 6) is -0.716. The van der Waals surface area contributed by atoms with Gasteiger partial charge in [0.15, 0.2) is 9.84 Å². The molecule has 10 heteroatoms. The van der Waals surface area contributed by atoms with E-state index in [1.807, 2.05) is 30.3 Å². The molecule has 2 aromatic rings. The number of carbonyl (C=O) groups is 1. The summed E-state index contributed by atoms with van der Waals surface area (Å²) >= 11 is 6.09. The summed E-state index contributed by atoms with van der Waals surface area (Å²) in [5, 5.41) is 4.08. The lowest BCUT2D eigenvalue weighted by Gasteiger charge is -2.29. The lowest BCUT2D eigenvalue weighted by molar-refractivity contribution is -0.120. The highest BCUT2D eigenvalue weighted by atomic mass is 35.5. The van der Waals surface area contributed by atoms with E-state index in [1.54, 1.807) is 6.08 Å². The Labute approximate surface area is 187 Å². The van der Waals surface area contributed by atoms with Crippen LogP contribution in [0.25, 0.3) is 6.08 Å². The van der Waals surface area contributed by atoms with E-state index in [4.69, 9.17) is 11.6 Å². The highest BCUT2D eigenvalue weighted by Gasteiger charge is 2.30. The summed E-state index contributed by atoms with van der Waals surface area (Å²) in [6.07, 6.45) is 3.33. The highest BCUT2D eigenvalue weighted by Crippen LogP contribution is 2.28. The van der Waals surface area contributed by atoms with E-state index in [2.05, 4.69) is 5.32 Å². The maximum atomic E-state index is 12.6. The van der Waals surface area contributed by atoms with Crippen molar-refractivity contribution in [3.8, 4) is 0 Å². The minimum atomic E-state index is -3.58. The molecule has 7 nitrogen and oxygen atoms in total. The number of rotatable bonds is 6. The van der Waals surface area contributed by atoms with Gasteiger partial charge in [0.2, 0.25) is 15.9 Å². The van der Waals surface area contributed by atoms with Crippen molar-refractivity contribution >= 4 is 49.1 Å². The summed E-state index contributed by atoms with van der Waals surface area (Å²) in [7, 11) is -7.03.